The first-order valence-corrected chi connectivity index (χ1v) is 10.1. The van der Waals surface area contributed by atoms with Crippen LogP contribution in [0.1, 0.15) is 15.9 Å². The zero-order chi connectivity index (χ0) is 21.3. The van der Waals surface area contributed by atoms with Crippen molar-refractivity contribution < 1.29 is 18.1 Å². The summed E-state index contributed by atoms with van der Waals surface area (Å²) in [6.07, 6.45) is 4.08. The molecular formula is C20H19N3O5S. The zero-order valence-corrected chi connectivity index (χ0v) is 16.9. The van der Waals surface area contributed by atoms with Crippen LogP contribution in [-0.2, 0) is 10.0 Å². The van der Waals surface area contributed by atoms with Gasteiger partial charge < -0.3 is 4.90 Å². The largest absolute Gasteiger partial charge is 0.383 e. The van der Waals surface area contributed by atoms with Crippen molar-refractivity contribution in [1.82, 2.24) is 8.87 Å². The van der Waals surface area contributed by atoms with Crippen LogP contribution >= 0.6 is 0 Å². The lowest BCUT2D eigenvalue weighted by Crippen LogP contribution is -2.12. The van der Waals surface area contributed by atoms with E-state index in [-0.39, 0.29) is 21.7 Å². The Morgan fingerprint density at radius 2 is 1.79 bits per heavy atom. The van der Waals surface area contributed by atoms with Crippen molar-refractivity contribution in [2.75, 3.05) is 14.1 Å². The van der Waals surface area contributed by atoms with E-state index in [4.69, 9.17) is 0 Å². The molecule has 9 heteroatoms. The molecule has 0 N–H and O–H groups in total. The number of hydrogen-bond acceptors (Lipinski definition) is 6. The van der Waals surface area contributed by atoms with Crippen LogP contribution in [0.5, 0.6) is 0 Å². The molecule has 3 rings (SSSR count). The Bertz CT molecular complexity index is 1240. The van der Waals surface area contributed by atoms with Gasteiger partial charge in [-0.05, 0) is 25.1 Å². The molecule has 3 aromatic rings. The van der Waals surface area contributed by atoms with Crippen molar-refractivity contribution in [3.05, 3.63) is 82.2 Å². The summed E-state index contributed by atoms with van der Waals surface area (Å²) in [6, 6.07) is 10.0. The van der Waals surface area contributed by atoms with E-state index >= 15 is 0 Å². The SMILES string of the molecule is Cc1ccc(S(=O)(=O)n2cc(C(=O)/C=C/N(C)C)c3ccc([N+](=O)[O-])cc32)cc1. The van der Waals surface area contributed by atoms with Crippen molar-refractivity contribution in [2.45, 2.75) is 11.8 Å². The van der Waals surface area contributed by atoms with Crippen LogP contribution in [0, 0.1) is 17.0 Å². The van der Waals surface area contributed by atoms with Crippen LogP contribution in [-0.4, -0.2) is 42.1 Å². The predicted molar refractivity (Wildman–Crippen MR) is 110 cm³/mol. The number of aromatic nitrogens is 1. The summed E-state index contributed by atoms with van der Waals surface area (Å²) in [7, 11) is -0.565. The summed E-state index contributed by atoms with van der Waals surface area (Å²) in [6.45, 7) is 1.83. The van der Waals surface area contributed by atoms with Crippen molar-refractivity contribution in [3.8, 4) is 0 Å². The van der Waals surface area contributed by atoms with Gasteiger partial charge in [-0.25, -0.2) is 12.4 Å². The van der Waals surface area contributed by atoms with Crippen LogP contribution in [0.25, 0.3) is 10.9 Å². The first-order chi connectivity index (χ1) is 13.6. The number of fused-ring (bicyclic) bond motifs is 1. The average molecular weight is 413 g/mol. The molecule has 0 aliphatic heterocycles. The number of nitro groups is 1. The number of benzene rings is 2. The van der Waals surface area contributed by atoms with Crippen molar-refractivity contribution in [3.63, 3.8) is 0 Å². The summed E-state index contributed by atoms with van der Waals surface area (Å²) >= 11 is 0. The third-order valence-corrected chi connectivity index (χ3v) is 6.02. The van der Waals surface area contributed by atoms with E-state index in [1.807, 2.05) is 6.92 Å². The third-order valence-electron chi connectivity index (χ3n) is 4.33. The fourth-order valence-electron chi connectivity index (χ4n) is 2.83. The Morgan fingerprint density at radius 3 is 2.38 bits per heavy atom. The molecule has 29 heavy (non-hydrogen) atoms. The fraction of sp³-hybridized carbons (Fsp3) is 0.150. The molecule has 0 saturated heterocycles. The molecule has 0 aliphatic carbocycles. The fourth-order valence-corrected chi connectivity index (χ4v) is 4.19. The molecule has 8 nitrogen and oxygen atoms in total. The first-order valence-electron chi connectivity index (χ1n) is 8.62. The van der Waals surface area contributed by atoms with Gasteiger partial charge in [0, 0.05) is 55.7 Å². The lowest BCUT2D eigenvalue weighted by Gasteiger charge is -2.07. The third kappa shape index (κ3) is 3.90. The molecule has 0 aliphatic rings. The summed E-state index contributed by atoms with van der Waals surface area (Å²) in [5.74, 6) is -0.407. The number of hydrogen-bond donors (Lipinski definition) is 0. The molecule has 1 heterocycles. The highest BCUT2D eigenvalue weighted by Crippen LogP contribution is 2.30. The molecule has 0 atom stereocenters. The molecule has 0 fully saturated rings. The average Bonchev–Trinajstić information content (AvgIpc) is 3.06. The molecule has 0 spiro atoms. The molecule has 0 saturated carbocycles. The van der Waals surface area contributed by atoms with Gasteiger partial charge in [0.05, 0.1) is 15.3 Å². The molecule has 150 valence electrons. The van der Waals surface area contributed by atoms with E-state index in [1.54, 1.807) is 37.3 Å². The van der Waals surface area contributed by atoms with Crippen LogP contribution in [0.4, 0.5) is 5.69 Å². The Balaban J connectivity index is 2.27. The number of aryl methyl sites for hydroxylation is 1. The second kappa shape index (κ2) is 7.51. The highest BCUT2D eigenvalue weighted by atomic mass is 32.2. The number of nitrogens with zero attached hydrogens (tertiary/aromatic N) is 3. The highest BCUT2D eigenvalue weighted by Gasteiger charge is 2.24. The van der Waals surface area contributed by atoms with Crippen LogP contribution < -0.4 is 0 Å². The standard InChI is InChI=1S/C20H19N3O5S/c1-14-4-7-16(8-5-14)29(27,28)22-13-18(20(24)10-11-21(2)3)17-9-6-15(23(25)26)12-19(17)22/h4-13H,1-3H3/b11-10+. The summed E-state index contributed by atoms with van der Waals surface area (Å²) < 4.78 is 27.3. The molecule has 2 aromatic carbocycles. The van der Waals surface area contributed by atoms with Gasteiger partial charge in [0.25, 0.3) is 15.7 Å². The van der Waals surface area contributed by atoms with Crippen molar-refractivity contribution in [2.24, 2.45) is 0 Å². The molecule has 0 radical (unpaired) electrons. The van der Waals surface area contributed by atoms with E-state index in [2.05, 4.69) is 0 Å². The van der Waals surface area contributed by atoms with Crippen molar-refractivity contribution in [1.29, 1.82) is 0 Å². The van der Waals surface area contributed by atoms with E-state index < -0.39 is 20.7 Å². The topological polar surface area (TPSA) is 103 Å². The quantitative estimate of drug-likeness (QED) is 0.266. The maximum absolute atomic E-state index is 13.2. The van der Waals surface area contributed by atoms with Crippen LogP contribution in [0.2, 0.25) is 0 Å². The monoisotopic (exact) mass is 413 g/mol. The number of allylic oxidation sites excluding steroid dienone is 1. The Labute approximate surface area is 167 Å². The lowest BCUT2D eigenvalue weighted by atomic mass is 10.1. The second-order valence-electron chi connectivity index (χ2n) is 6.76. The lowest BCUT2D eigenvalue weighted by molar-refractivity contribution is -0.384. The second-order valence-corrected chi connectivity index (χ2v) is 8.57. The summed E-state index contributed by atoms with van der Waals surface area (Å²) in [4.78, 5) is 24.9. The van der Waals surface area contributed by atoms with E-state index in [0.29, 0.717) is 5.39 Å². The van der Waals surface area contributed by atoms with Gasteiger partial charge in [-0.15, -0.1) is 0 Å². The number of carbonyl (C=O) groups excluding carboxylic acids is 1. The number of carbonyl (C=O) groups is 1. The number of non-ortho nitro benzene ring substituents is 1. The minimum Gasteiger partial charge on any atom is -0.383 e. The minimum absolute atomic E-state index is 0.0225. The number of ketones is 1. The highest BCUT2D eigenvalue weighted by molar-refractivity contribution is 7.90. The van der Waals surface area contributed by atoms with Gasteiger partial charge in [0.15, 0.2) is 5.78 Å². The van der Waals surface area contributed by atoms with Gasteiger partial charge in [0.1, 0.15) is 0 Å². The maximum atomic E-state index is 13.2. The molecule has 0 bridgehead atoms. The molecule has 0 unspecified atom stereocenters. The van der Waals surface area contributed by atoms with E-state index in [1.165, 1.54) is 36.5 Å². The van der Waals surface area contributed by atoms with E-state index in [9.17, 15) is 23.3 Å². The molecular weight excluding hydrogens is 394 g/mol. The van der Waals surface area contributed by atoms with Crippen LogP contribution in [0.3, 0.4) is 0 Å². The Kier molecular flexibility index (Phi) is 5.25. The summed E-state index contributed by atoms with van der Waals surface area (Å²) in [5.41, 5.74) is 0.838. The number of rotatable bonds is 6. The van der Waals surface area contributed by atoms with Gasteiger partial charge in [-0.3, -0.25) is 14.9 Å². The maximum Gasteiger partial charge on any atom is 0.271 e. The number of nitro benzene ring substituents is 1. The van der Waals surface area contributed by atoms with Gasteiger partial charge >= 0.3 is 0 Å². The van der Waals surface area contributed by atoms with Crippen molar-refractivity contribution >= 4 is 32.4 Å². The van der Waals surface area contributed by atoms with Gasteiger partial charge in [0.2, 0.25) is 0 Å². The normalized spacial score (nSPS) is 11.8. The Morgan fingerprint density at radius 1 is 1.14 bits per heavy atom. The summed E-state index contributed by atoms with van der Waals surface area (Å²) in [5, 5.41) is 11.5. The zero-order valence-electron chi connectivity index (χ0n) is 16.1. The molecule has 1 aromatic heterocycles. The van der Waals surface area contributed by atoms with Gasteiger partial charge in [-0.1, -0.05) is 17.7 Å². The predicted octanol–water partition coefficient (Wildman–Crippen LogP) is 3.35. The Hall–Kier alpha value is -3.46. The van der Waals surface area contributed by atoms with Gasteiger partial charge in [-0.2, -0.15) is 0 Å². The minimum atomic E-state index is -4.06. The molecule has 0 amide bonds. The van der Waals surface area contributed by atoms with Crippen LogP contribution in [0.15, 0.2) is 65.8 Å². The first kappa shape index (κ1) is 20.3. The van der Waals surface area contributed by atoms with E-state index in [0.717, 1.165) is 15.6 Å². The smallest absolute Gasteiger partial charge is 0.271 e.